The summed E-state index contributed by atoms with van der Waals surface area (Å²) >= 11 is 4.13. The van der Waals surface area contributed by atoms with E-state index in [1.807, 2.05) is 186 Å². The second kappa shape index (κ2) is 35.8. The topological polar surface area (TPSA) is 459 Å². The molecule has 3 aliphatic heterocycles. The molecule has 3 aliphatic rings. The highest BCUT2D eigenvalue weighted by Gasteiger charge is 2.47. The van der Waals surface area contributed by atoms with E-state index in [-0.39, 0.29) is 44.9 Å². The van der Waals surface area contributed by atoms with Crippen LogP contribution in [0.5, 0.6) is 0 Å². The quantitative estimate of drug-likeness (QED) is 0.0295. The maximum atomic E-state index is 13.3. The normalized spacial score (nSPS) is 23.6. The van der Waals surface area contributed by atoms with Gasteiger partial charge in [-0.2, -0.15) is 8.75 Å². The Balaban J connectivity index is 0.793. The number of primary amides is 1. The monoisotopic (exact) mass is 1610 g/mol. The number of benzene rings is 7. The number of nitrogens with zero attached hydrogens (tertiary/aromatic N) is 6. The Hall–Kier alpha value is -10.0. The lowest BCUT2D eigenvalue weighted by Crippen LogP contribution is -2.64. The molecule has 11 aromatic rings. The largest absolute Gasteiger partial charge is 0.394 e. The molecule has 5 unspecified atom stereocenters. The van der Waals surface area contributed by atoms with Gasteiger partial charge < -0.3 is 107 Å². The van der Waals surface area contributed by atoms with E-state index < -0.39 is 135 Å². The third kappa shape index (κ3) is 17.5. The number of hydrogen-bond acceptors (Lipinski definition) is 28. The lowest BCUT2D eigenvalue weighted by atomic mass is 9.94. The highest BCUT2D eigenvalue weighted by atomic mass is 32.1. The number of nitrogens with two attached hydrogens (primary N) is 1. The number of thiophene rings is 2. The molecular formula is C82H84N10O19S3. The van der Waals surface area contributed by atoms with Gasteiger partial charge in [0.1, 0.15) is 107 Å². The van der Waals surface area contributed by atoms with Crippen molar-refractivity contribution < 1.29 is 94.7 Å². The molecule has 17 N–H and O–H groups in total. The third-order valence-electron chi connectivity index (χ3n) is 20.7. The van der Waals surface area contributed by atoms with Gasteiger partial charge in [0.05, 0.1) is 41.3 Å². The Kier molecular flexibility index (Phi) is 25.3. The van der Waals surface area contributed by atoms with Crippen LogP contribution in [0.15, 0.2) is 181 Å². The number of aliphatic hydroxyl groups is 12. The van der Waals surface area contributed by atoms with E-state index in [0.717, 1.165) is 71.9 Å². The van der Waals surface area contributed by atoms with Gasteiger partial charge in [0.2, 0.25) is 23.6 Å². The van der Waals surface area contributed by atoms with Crippen LogP contribution < -0.4 is 31.5 Å². The minimum Gasteiger partial charge on any atom is -0.394 e. The van der Waals surface area contributed by atoms with Gasteiger partial charge >= 0.3 is 0 Å². The van der Waals surface area contributed by atoms with Crippen LogP contribution >= 0.6 is 34.4 Å². The van der Waals surface area contributed by atoms with Crippen molar-refractivity contribution in [2.24, 2.45) is 5.73 Å². The smallest absolute Gasteiger partial charge is 0.220 e. The summed E-state index contributed by atoms with van der Waals surface area (Å²) in [6, 6.07) is 50.5. The van der Waals surface area contributed by atoms with E-state index >= 15 is 0 Å². The van der Waals surface area contributed by atoms with E-state index in [1.165, 1.54) is 22.7 Å². The van der Waals surface area contributed by atoms with Crippen molar-refractivity contribution in [1.82, 2.24) is 34.7 Å². The fourth-order valence-electron chi connectivity index (χ4n) is 14.5. The van der Waals surface area contributed by atoms with Crippen molar-refractivity contribution in [3.8, 4) is 43.4 Å². The molecule has 29 nitrogen and oxygen atoms in total. The van der Waals surface area contributed by atoms with Crippen LogP contribution in [0.1, 0.15) is 47.9 Å². The summed E-state index contributed by atoms with van der Waals surface area (Å²) in [6.07, 6.45) is -16.9. The second-order valence-electron chi connectivity index (χ2n) is 28.1. The first-order valence-electron chi connectivity index (χ1n) is 37.0. The first kappa shape index (κ1) is 80.6. The Labute approximate surface area is 664 Å². The molecule has 3 saturated heterocycles. The first-order chi connectivity index (χ1) is 55.1. The Morgan fingerprint density at radius 1 is 0.377 bits per heavy atom. The lowest BCUT2D eigenvalue weighted by molar-refractivity contribution is -0.253. The molecular weight excluding hydrogens is 1530 g/mol. The fraction of sp³-hybridized carbons (Fsp3) is 0.317. The highest BCUT2D eigenvalue weighted by molar-refractivity contribution is 7.14. The van der Waals surface area contributed by atoms with Crippen molar-refractivity contribution in [2.75, 3.05) is 29.6 Å². The summed E-state index contributed by atoms with van der Waals surface area (Å²) in [7, 11) is 0. The van der Waals surface area contributed by atoms with Crippen LogP contribution in [0.25, 0.3) is 65.5 Å². The van der Waals surface area contributed by atoms with Gasteiger partial charge in [-0.15, -0.1) is 22.7 Å². The Morgan fingerprint density at radius 3 is 0.921 bits per heavy atom. The number of aryl methyl sites for hydroxylation is 4. The molecule has 0 bridgehead atoms. The van der Waals surface area contributed by atoms with Crippen molar-refractivity contribution in [3.05, 3.63) is 203 Å². The van der Waals surface area contributed by atoms with Crippen LogP contribution in [0.2, 0.25) is 0 Å². The molecule has 0 aliphatic carbocycles. The number of amides is 4. The van der Waals surface area contributed by atoms with Crippen LogP contribution in [0.3, 0.4) is 0 Å². The van der Waals surface area contributed by atoms with Crippen LogP contribution in [-0.4, -0.2) is 215 Å². The Bertz CT molecular complexity index is 5040. The number of fused-ring (bicyclic) bond motifs is 2. The van der Waals surface area contributed by atoms with Gasteiger partial charge in [0.15, 0.2) is 18.9 Å². The van der Waals surface area contributed by atoms with Crippen molar-refractivity contribution in [3.63, 3.8) is 0 Å². The molecule has 7 aromatic carbocycles. The molecule has 0 saturated carbocycles. The van der Waals surface area contributed by atoms with E-state index in [1.54, 1.807) is 0 Å². The number of hydrogen-bond donors (Lipinski definition) is 16. The summed E-state index contributed by atoms with van der Waals surface area (Å²) in [5, 5.41) is 135. The van der Waals surface area contributed by atoms with Crippen molar-refractivity contribution in [2.45, 2.75) is 143 Å². The lowest BCUT2D eigenvalue weighted by Gasteiger charge is -2.40. The maximum absolute atomic E-state index is 13.3. The van der Waals surface area contributed by atoms with Gasteiger partial charge in [-0.05, 0) is 155 Å². The average molecular weight is 1610 g/mol. The first-order valence-corrected chi connectivity index (χ1v) is 39.5. The standard InChI is InChI=1S/C82H84N10O19S3/c83-59(96)33-13-42-5-21-48(22-6-42)91(49-23-7-43(8-24-49)14-34-60(97)84-71-77(103)74(100)54(39-93)109-80(71)106)52-29-17-46(18-30-52)63-67-68(88-66(58-4-2-38-113-58)65(87-67)57-3-1-37-112-57)64(70-69(63)89-114-90-70)47-19-31-53(32-20-47)92(50-25-9-44(10-26-50)15-35-61(98)85-72-78(104)75(101)55(40-94)110-81(72)107)51-27-11-45(12-28-51)16-36-62(99)86-73-79(105)76(102)56(41-95)111-82(73)108/h1-12,17-32,37-38,54-56,71-82,93-95,100-108H,13-16,33-36,39-41H2,(H2,83,96)(H,84,97)(H,85,98)(H,86,99)/t54-,55-,56-,71?,72-,73?,74-,75-,76-,77-,78-,79-,80?,81?,82?/m0/s1. The number of aromatic nitrogens is 4. The van der Waals surface area contributed by atoms with Gasteiger partial charge in [-0.25, -0.2) is 9.97 Å². The van der Waals surface area contributed by atoms with E-state index in [2.05, 4.69) is 20.9 Å². The molecule has 4 aromatic heterocycles. The number of nitrogens with one attached hydrogen (secondary N) is 3. The number of ether oxygens (including phenoxy) is 3. The summed E-state index contributed by atoms with van der Waals surface area (Å²) in [6.45, 7) is -1.95. The number of carbonyl (C=O) groups is 4. The zero-order chi connectivity index (χ0) is 80.0. The predicted molar refractivity (Wildman–Crippen MR) is 426 cm³/mol. The average Bonchev–Trinajstić information content (AvgIpc) is 1.40. The van der Waals surface area contributed by atoms with Gasteiger partial charge in [0, 0.05) is 70.9 Å². The molecule has 0 radical (unpaired) electrons. The SMILES string of the molecule is NC(=O)CCc1ccc(N(c2ccc(CCC(=O)NC3C(O)O[C@@H](CO)[C@H](O)[C@H]3O)cc2)c2ccc(-c3c4nsnc4c(-c4ccc(N(c5ccc(CCC(=O)NC6C(O)O[C@@H](CO)[C@H](O)[C@H]6O)cc5)c5ccc(CCC(=O)N[C@@H]6C(O)O[C@@H](CO)[C@H](O)[C@H]6O)cc5)cc4)c4nc(-c5cccs5)c(-c5cccs5)nc34)cc2)cc1. The summed E-state index contributed by atoms with van der Waals surface area (Å²) in [5.74, 6) is -1.98. The molecule has 32 heteroatoms. The number of anilines is 6. The molecule has 14 rings (SSSR count). The van der Waals surface area contributed by atoms with E-state index in [9.17, 15) is 80.5 Å². The van der Waals surface area contributed by atoms with E-state index in [0.29, 0.717) is 68.1 Å². The van der Waals surface area contributed by atoms with Crippen molar-refractivity contribution >= 4 is 114 Å². The predicted octanol–water partition coefficient (Wildman–Crippen LogP) is 5.33. The molecule has 4 amide bonds. The highest BCUT2D eigenvalue weighted by Crippen LogP contribution is 2.47. The zero-order valence-corrected chi connectivity index (χ0v) is 63.4. The van der Waals surface area contributed by atoms with Crippen LogP contribution in [0.4, 0.5) is 34.1 Å². The molecule has 15 atom stereocenters. The van der Waals surface area contributed by atoms with E-state index in [4.69, 9.17) is 38.7 Å². The zero-order valence-electron chi connectivity index (χ0n) is 61.0. The summed E-state index contributed by atoms with van der Waals surface area (Å²) in [5.41, 5.74) is 19.7. The molecule has 594 valence electrons. The van der Waals surface area contributed by atoms with Gasteiger partial charge in [-0.3, -0.25) is 19.2 Å². The summed E-state index contributed by atoms with van der Waals surface area (Å²) in [4.78, 5) is 68.9. The second-order valence-corrected chi connectivity index (χ2v) is 30.6. The van der Waals surface area contributed by atoms with Crippen molar-refractivity contribution in [1.29, 1.82) is 0 Å². The fourth-order valence-corrected chi connectivity index (χ4v) is 16.5. The van der Waals surface area contributed by atoms with Gasteiger partial charge in [0.25, 0.3) is 0 Å². The maximum Gasteiger partial charge on any atom is 0.220 e. The third-order valence-corrected chi connectivity index (χ3v) is 23.0. The minimum atomic E-state index is -1.68. The summed E-state index contributed by atoms with van der Waals surface area (Å²) < 4.78 is 25.8. The Morgan fingerprint density at radius 2 is 0.658 bits per heavy atom. The van der Waals surface area contributed by atoms with Crippen LogP contribution in [-0.2, 0) is 59.1 Å². The molecule has 0 spiro atoms. The number of aliphatic hydroxyl groups excluding tert-OH is 12. The molecule has 114 heavy (non-hydrogen) atoms. The minimum absolute atomic E-state index is 0.0324. The number of rotatable bonds is 28. The molecule has 3 fully saturated rings. The molecule has 7 heterocycles. The van der Waals surface area contributed by atoms with Gasteiger partial charge in [-0.1, -0.05) is 84.9 Å². The van der Waals surface area contributed by atoms with Crippen LogP contribution in [0, 0.1) is 0 Å². The number of carbonyl (C=O) groups excluding carboxylic acids is 4.